The number of hydrogen-bond acceptors (Lipinski definition) is 2. The summed E-state index contributed by atoms with van der Waals surface area (Å²) in [6.07, 6.45) is 2.09. The van der Waals surface area contributed by atoms with Crippen LogP contribution in [0.25, 0.3) is 0 Å². The minimum atomic E-state index is 0. The number of hydrogen-bond donors (Lipinski definition) is 1. The molecule has 0 amide bonds. The second kappa shape index (κ2) is 11.5. The molecule has 1 N–H and O–H groups in total. The SMILES string of the molecule is CCNC(=NCCSC)N(C)Cc1ccccc1Cl.I. The van der Waals surface area contributed by atoms with E-state index in [4.69, 9.17) is 11.6 Å². The van der Waals surface area contributed by atoms with Gasteiger partial charge in [0.05, 0.1) is 6.54 Å². The van der Waals surface area contributed by atoms with Crippen LogP contribution in [0.2, 0.25) is 5.02 Å². The highest BCUT2D eigenvalue weighted by molar-refractivity contribution is 14.0. The van der Waals surface area contributed by atoms with E-state index in [-0.39, 0.29) is 24.0 Å². The minimum Gasteiger partial charge on any atom is -0.357 e. The Hall–Kier alpha value is -0.140. The van der Waals surface area contributed by atoms with Crippen molar-refractivity contribution in [1.82, 2.24) is 10.2 Å². The van der Waals surface area contributed by atoms with Crippen LogP contribution in [0.15, 0.2) is 29.3 Å². The fraction of sp³-hybridized carbons (Fsp3) is 0.500. The van der Waals surface area contributed by atoms with Gasteiger partial charge in [-0.2, -0.15) is 11.8 Å². The van der Waals surface area contributed by atoms with Gasteiger partial charge in [0.15, 0.2) is 5.96 Å². The van der Waals surface area contributed by atoms with E-state index in [1.54, 1.807) is 11.8 Å². The van der Waals surface area contributed by atoms with Crippen LogP contribution in [0.1, 0.15) is 12.5 Å². The Balaban J connectivity index is 0.00000361. The number of nitrogens with zero attached hydrogens (tertiary/aromatic N) is 2. The fourth-order valence-corrected chi connectivity index (χ4v) is 2.14. The molecule has 0 saturated heterocycles. The van der Waals surface area contributed by atoms with E-state index >= 15 is 0 Å². The van der Waals surface area contributed by atoms with Crippen molar-refractivity contribution in [1.29, 1.82) is 0 Å². The Morgan fingerprint density at radius 1 is 1.40 bits per heavy atom. The molecule has 0 aliphatic heterocycles. The third-order valence-electron chi connectivity index (χ3n) is 2.62. The molecule has 0 radical (unpaired) electrons. The molecule has 3 nitrogen and oxygen atoms in total. The summed E-state index contributed by atoms with van der Waals surface area (Å²) in [5.74, 6) is 1.96. The van der Waals surface area contributed by atoms with Crippen molar-refractivity contribution >= 4 is 53.3 Å². The molecule has 1 aromatic rings. The van der Waals surface area contributed by atoms with Crippen LogP contribution in [-0.4, -0.2) is 43.0 Å². The molecule has 0 spiro atoms. The van der Waals surface area contributed by atoms with Gasteiger partial charge in [0.1, 0.15) is 0 Å². The van der Waals surface area contributed by atoms with Crippen LogP contribution in [0, 0.1) is 0 Å². The van der Waals surface area contributed by atoms with E-state index in [2.05, 4.69) is 28.4 Å². The summed E-state index contributed by atoms with van der Waals surface area (Å²) in [6.45, 7) is 4.53. The van der Waals surface area contributed by atoms with Crippen LogP contribution >= 0.6 is 47.3 Å². The number of aliphatic imine (C=N–C) groups is 1. The van der Waals surface area contributed by atoms with Gasteiger partial charge in [-0.3, -0.25) is 4.99 Å². The van der Waals surface area contributed by atoms with Gasteiger partial charge in [0.25, 0.3) is 0 Å². The van der Waals surface area contributed by atoms with E-state index in [0.717, 1.165) is 41.9 Å². The van der Waals surface area contributed by atoms with E-state index in [1.165, 1.54) is 0 Å². The van der Waals surface area contributed by atoms with E-state index in [0.29, 0.717) is 0 Å². The van der Waals surface area contributed by atoms with Crippen molar-refractivity contribution in [2.24, 2.45) is 4.99 Å². The third kappa shape index (κ3) is 7.04. The van der Waals surface area contributed by atoms with Crippen molar-refractivity contribution in [3.05, 3.63) is 34.9 Å². The van der Waals surface area contributed by atoms with E-state index < -0.39 is 0 Å². The lowest BCUT2D eigenvalue weighted by Crippen LogP contribution is -2.38. The Morgan fingerprint density at radius 2 is 2.10 bits per heavy atom. The highest BCUT2D eigenvalue weighted by Gasteiger charge is 2.08. The largest absolute Gasteiger partial charge is 0.357 e. The standard InChI is InChI=1S/C14H22ClN3S.HI/c1-4-16-14(17-9-10-19-3)18(2)11-12-7-5-6-8-13(12)15;/h5-8H,4,9-11H2,1-3H3,(H,16,17);1H. The highest BCUT2D eigenvalue weighted by Crippen LogP contribution is 2.16. The Bertz CT molecular complexity index is 415. The molecule has 0 bridgehead atoms. The summed E-state index contributed by atoms with van der Waals surface area (Å²) < 4.78 is 0. The number of benzene rings is 1. The lowest BCUT2D eigenvalue weighted by Gasteiger charge is -2.22. The number of rotatable bonds is 6. The Kier molecular flexibility index (Phi) is 11.4. The maximum Gasteiger partial charge on any atom is 0.193 e. The predicted molar refractivity (Wildman–Crippen MR) is 103 cm³/mol. The van der Waals surface area contributed by atoms with Crippen molar-refractivity contribution in [2.75, 3.05) is 32.1 Å². The summed E-state index contributed by atoms with van der Waals surface area (Å²) in [7, 11) is 2.03. The van der Waals surface area contributed by atoms with Gasteiger partial charge in [-0.25, -0.2) is 0 Å². The smallest absolute Gasteiger partial charge is 0.193 e. The summed E-state index contributed by atoms with van der Waals surface area (Å²) in [4.78, 5) is 6.70. The molecule has 20 heavy (non-hydrogen) atoms. The van der Waals surface area contributed by atoms with Crippen molar-refractivity contribution < 1.29 is 0 Å². The predicted octanol–water partition coefficient (Wildman–Crippen LogP) is 3.72. The maximum atomic E-state index is 6.19. The van der Waals surface area contributed by atoms with Crippen LogP contribution in [0.4, 0.5) is 0 Å². The zero-order valence-corrected chi connectivity index (χ0v) is 16.1. The zero-order chi connectivity index (χ0) is 14.1. The molecular formula is C14H23ClIN3S. The average Bonchev–Trinajstić information content (AvgIpc) is 2.40. The molecule has 0 atom stereocenters. The Morgan fingerprint density at radius 3 is 2.70 bits per heavy atom. The minimum absolute atomic E-state index is 0. The second-order valence-corrected chi connectivity index (χ2v) is 5.57. The molecule has 0 unspecified atom stereocenters. The zero-order valence-electron chi connectivity index (χ0n) is 12.2. The first kappa shape index (κ1) is 19.9. The second-order valence-electron chi connectivity index (χ2n) is 4.18. The van der Waals surface area contributed by atoms with Gasteiger partial charge < -0.3 is 10.2 Å². The lowest BCUT2D eigenvalue weighted by atomic mass is 10.2. The van der Waals surface area contributed by atoms with E-state index in [1.807, 2.05) is 31.3 Å². The molecule has 0 fully saturated rings. The molecule has 0 aromatic heterocycles. The van der Waals surface area contributed by atoms with Gasteiger partial charge in [-0.05, 0) is 24.8 Å². The van der Waals surface area contributed by atoms with Crippen molar-refractivity contribution in [2.45, 2.75) is 13.5 Å². The number of halogens is 2. The molecule has 0 aliphatic rings. The number of nitrogens with one attached hydrogen (secondary N) is 1. The van der Waals surface area contributed by atoms with Crippen LogP contribution in [0.5, 0.6) is 0 Å². The van der Waals surface area contributed by atoms with Gasteiger partial charge in [-0.1, -0.05) is 29.8 Å². The molecule has 0 heterocycles. The monoisotopic (exact) mass is 427 g/mol. The highest BCUT2D eigenvalue weighted by atomic mass is 127. The molecular weight excluding hydrogens is 405 g/mol. The van der Waals surface area contributed by atoms with Crippen LogP contribution < -0.4 is 5.32 Å². The molecule has 0 saturated carbocycles. The summed E-state index contributed by atoms with van der Waals surface area (Å²) in [6, 6.07) is 7.92. The first-order chi connectivity index (χ1) is 9.19. The third-order valence-corrected chi connectivity index (χ3v) is 3.58. The first-order valence-corrected chi connectivity index (χ1v) is 8.18. The van der Waals surface area contributed by atoms with Gasteiger partial charge in [0, 0.05) is 30.9 Å². The molecule has 0 aliphatic carbocycles. The molecule has 6 heteroatoms. The van der Waals surface area contributed by atoms with Crippen LogP contribution in [0.3, 0.4) is 0 Å². The first-order valence-electron chi connectivity index (χ1n) is 6.40. The topological polar surface area (TPSA) is 27.6 Å². The van der Waals surface area contributed by atoms with Crippen molar-refractivity contribution in [3.8, 4) is 0 Å². The van der Waals surface area contributed by atoms with Gasteiger partial charge in [-0.15, -0.1) is 24.0 Å². The maximum absolute atomic E-state index is 6.19. The summed E-state index contributed by atoms with van der Waals surface area (Å²) >= 11 is 7.99. The summed E-state index contributed by atoms with van der Waals surface area (Å²) in [5, 5.41) is 4.10. The Labute approximate surface area is 148 Å². The van der Waals surface area contributed by atoms with Crippen molar-refractivity contribution in [3.63, 3.8) is 0 Å². The lowest BCUT2D eigenvalue weighted by molar-refractivity contribution is 0.478. The summed E-state index contributed by atoms with van der Waals surface area (Å²) in [5.41, 5.74) is 1.11. The molecule has 114 valence electrons. The number of thioether (sulfide) groups is 1. The number of guanidine groups is 1. The van der Waals surface area contributed by atoms with E-state index in [9.17, 15) is 0 Å². The van der Waals surface area contributed by atoms with Gasteiger partial charge in [0.2, 0.25) is 0 Å². The fourth-order valence-electron chi connectivity index (χ4n) is 1.67. The van der Waals surface area contributed by atoms with Crippen LogP contribution in [-0.2, 0) is 6.54 Å². The van der Waals surface area contributed by atoms with Gasteiger partial charge >= 0.3 is 0 Å². The average molecular weight is 428 g/mol. The molecule has 1 aromatic carbocycles. The quantitative estimate of drug-likeness (QED) is 0.324. The molecule has 1 rings (SSSR count). The normalized spacial score (nSPS) is 10.9.